The molecule has 2 aliphatic rings. The second-order valence-electron chi connectivity index (χ2n) is 7.80. The van der Waals surface area contributed by atoms with Crippen molar-refractivity contribution in [2.45, 2.75) is 29.9 Å². The van der Waals surface area contributed by atoms with Gasteiger partial charge in [0.15, 0.2) is 16.7 Å². The Kier molecular flexibility index (Phi) is 6.45. The van der Waals surface area contributed by atoms with Crippen molar-refractivity contribution in [1.82, 2.24) is 9.21 Å². The standard InChI is InChI=1S/C22H25N3O5S2/c1-15-13-25(21(26)10-8-16-7-9-19-20(11-16)30-14-29-19)22(31-15)23-17-5-4-6-18(12-17)32(27,28)24(2)3/h4-7,9,11-12,15H,8,10,13-14H2,1-3H3. The van der Waals surface area contributed by atoms with E-state index in [1.54, 1.807) is 17.0 Å². The molecule has 1 amide bonds. The van der Waals surface area contributed by atoms with E-state index in [2.05, 4.69) is 4.99 Å². The zero-order chi connectivity index (χ0) is 22.9. The molecule has 2 aromatic rings. The van der Waals surface area contributed by atoms with Crippen molar-refractivity contribution in [1.29, 1.82) is 0 Å². The van der Waals surface area contributed by atoms with Crippen LogP contribution in [0.1, 0.15) is 18.9 Å². The number of benzene rings is 2. The van der Waals surface area contributed by atoms with Crippen LogP contribution in [-0.2, 0) is 21.2 Å². The maximum Gasteiger partial charge on any atom is 0.242 e. The van der Waals surface area contributed by atoms with Gasteiger partial charge in [0.25, 0.3) is 0 Å². The topological polar surface area (TPSA) is 88.5 Å². The minimum absolute atomic E-state index is 0.0182. The van der Waals surface area contributed by atoms with Gasteiger partial charge in [-0.3, -0.25) is 9.69 Å². The van der Waals surface area contributed by atoms with Gasteiger partial charge in [0.2, 0.25) is 22.7 Å². The van der Waals surface area contributed by atoms with Gasteiger partial charge in [-0.2, -0.15) is 0 Å². The Morgan fingerprint density at radius 2 is 1.97 bits per heavy atom. The zero-order valence-corrected chi connectivity index (χ0v) is 19.8. The first-order chi connectivity index (χ1) is 15.2. The van der Waals surface area contributed by atoms with Gasteiger partial charge < -0.3 is 9.47 Å². The molecule has 170 valence electrons. The Balaban J connectivity index is 1.49. The summed E-state index contributed by atoms with van der Waals surface area (Å²) in [5.74, 6) is 1.41. The number of fused-ring (bicyclic) bond motifs is 1. The van der Waals surface area contributed by atoms with Crippen molar-refractivity contribution < 1.29 is 22.7 Å². The van der Waals surface area contributed by atoms with E-state index in [1.165, 1.54) is 38.0 Å². The first-order valence-corrected chi connectivity index (χ1v) is 12.5. The van der Waals surface area contributed by atoms with E-state index in [1.807, 2.05) is 25.1 Å². The van der Waals surface area contributed by atoms with Crippen molar-refractivity contribution >= 4 is 38.5 Å². The summed E-state index contributed by atoms with van der Waals surface area (Å²) in [6.45, 7) is 2.83. The average Bonchev–Trinajstić information content (AvgIpc) is 3.37. The summed E-state index contributed by atoms with van der Waals surface area (Å²) in [6.07, 6.45) is 0.913. The lowest BCUT2D eigenvalue weighted by atomic mass is 10.1. The molecule has 0 spiro atoms. The highest BCUT2D eigenvalue weighted by Gasteiger charge is 2.30. The second-order valence-corrected chi connectivity index (χ2v) is 11.4. The maximum absolute atomic E-state index is 13.0. The molecule has 1 atom stereocenters. The van der Waals surface area contributed by atoms with E-state index in [9.17, 15) is 13.2 Å². The number of hydrogen-bond acceptors (Lipinski definition) is 7. The third-order valence-corrected chi connectivity index (χ3v) is 8.05. The number of amidine groups is 1. The molecule has 0 aromatic heterocycles. The van der Waals surface area contributed by atoms with Gasteiger partial charge in [-0.05, 0) is 42.3 Å². The molecule has 4 rings (SSSR count). The smallest absolute Gasteiger partial charge is 0.242 e. The molecule has 2 heterocycles. The van der Waals surface area contributed by atoms with Crippen LogP contribution in [0, 0.1) is 0 Å². The summed E-state index contributed by atoms with van der Waals surface area (Å²) in [4.78, 5) is 19.5. The number of sulfonamides is 1. The van der Waals surface area contributed by atoms with Crippen LogP contribution in [0.2, 0.25) is 0 Å². The molecule has 0 N–H and O–H groups in total. The summed E-state index contributed by atoms with van der Waals surface area (Å²) in [5.41, 5.74) is 1.50. The van der Waals surface area contributed by atoms with E-state index in [-0.39, 0.29) is 22.8 Å². The highest BCUT2D eigenvalue weighted by Crippen LogP contribution is 2.33. The zero-order valence-electron chi connectivity index (χ0n) is 18.1. The lowest BCUT2D eigenvalue weighted by molar-refractivity contribution is -0.127. The van der Waals surface area contributed by atoms with Crippen LogP contribution in [0.4, 0.5) is 5.69 Å². The first-order valence-electron chi connectivity index (χ1n) is 10.2. The Hall–Kier alpha value is -2.56. The number of amides is 1. The van der Waals surface area contributed by atoms with Gasteiger partial charge in [0.05, 0.1) is 10.6 Å². The van der Waals surface area contributed by atoms with Crippen LogP contribution < -0.4 is 9.47 Å². The van der Waals surface area contributed by atoms with Crippen molar-refractivity contribution in [3.63, 3.8) is 0 Å². The minimum Gasteiger partial charge on any atom is -0.454 e. The second kappa shape index (κ2) is 9.13. The molecule has 1 fully saturated rings. The lowest BCUT2D eigenvalue weighted by Gasteiger charge is -2.16. The third kappa shape index (κ3) is 4.77. The third-order valence-electron chi connectivity index (χ3n) is 5.16. The van der Waals surface area contributed by atoms with Crippen molar-refractivity contribution in [3.05, 3.63) is 48.0 Å². The van der Waals surface area contributed by atoms with Gasteiger partial charge in [-0.15, -0.1) is 0 Å². The van der Waals surface area contributed by atoms with Crippen molar-refractivity contribution in [2.24, 2.45) is 4.99 Å². The number of aryl methyl sites for hydroxylation is 1. The molecule has 32 heavy (non-hydrogen) atoms. The molecule has 2 aromatic carbocycles. The van der Waals surface area contributed by atoms with Gasteiger partial charge in [-0.1, -0.05) is 30.8 Å². The van der Waals surface area contributed by atoms with Crippen LogP contribution in [0.15, 0.2) is 52.4 Å². The van der Waals surface area contributed by atoms with Crippen LogP contribution in [-0.4, -0.2) is 61.4 Å². The van der Waals surface area contributed by atoms with Gasteiger partial charge in [-0.25, -0.2) is 17.7 Å². The van der Waals surface area contributed by atoms with Crippen LogP contribution >= 0.6 is 11.8 Å². The van der Waals surface area contributed by atoms with Gasteiger partial charge >= 0.3 is 0 Å². The number of nitrogens with zero attached hydrogens (tertiary/aromatic N) is 3. The molecule has 2 aliphatic heterocycles. The molecule has 0 bridgehead atoms. The molecule has 1 saturated heterocycles. The maximum atomic E-state index is 13.0. The SMILES string of the molecule is CC1CN(C(=O)CCc2ccc3c(c2)OCO3)C(=Nc2cccc(S(=O)(=O)N(C)C)c2)S1. The average molecular weight is 476 g/mol. The van der Waals surface area contributed by atoms with E-state index < -0.39 is 10.0 Å². The fourth-order valence-corrected chi connectivity index (χ4v) is 5.42. The predicted octanol–water partition coefficient (Wildman–Crippen LogP) is 3.25. The van der Waals surface area contributed by atoms with Crippen molar-refractivity contribution in [3.8, 4) is 11.5 Å². The molecular weight excluding hydrogens is 450 g/mol. The monoisotopic (exact) mass is 475 g/mol. The quantitative estimate of drug-likeness (QED) is 0.637. The number of hydrogen-bond donors (Lipinski definition) is 0. The van der Waals surface area contributed by atoms with E-state index >= 15 is 0 Å². The Labute approximate surface area is 192 Å². The van der Waals surface area contributed by atoms with Crippen LogP contribution in [0.5, 0.6) is 11.5 Å². The molecular formula is C22H25N3O5S2. The summed E-state index contributed by atoms with van der Waals surface area (Å²) in [7, 11) is -0.582. The number of carbonyl (C=O) groups is 1. The number of carbonyl (C=O) groups excluding carboxylic acids is 1. The van der Waals surface area contributed by atoms with E-state index in [0.29, 0.717) is 36.0 Å². The van der Waals surface area contributed by atoms with E-state index in [0.717, 1.165) is 15.6 Å². The minimum atomic E-state index is -3.56. The molecule has 10 heteroatoms. The Morgan fingerprint density at radius 3 is 2.75 bits per heavy atom. The van der Waals surface area contributed by atoms with Crippen LogP contribution in [0.25, 0.3) is 0 Å². The van der Waals surface area contributed by atoms with Crippen LogP contribution in [0.3, 0.4) is 0 Å². The normalized spacial score (nSPS) is 19.2. The number of aliphatic imine (C=N–C) groups is 1. The van der Waals surface area contributed by atoms with Gasteiger partial charge in [0.1, 0.15) is 0 Å². The fraction of sp³-hybridized carbons (Fsp3) is 0.364. The first kappa shape index (κ1) is 22.6. The molecule has 0 radical (unpaired) electrons. The number of thioether (sulfide) groups is 1. The Morgan fingerprint density at radius 1 is 1.19 bits per heavy atom. The molecule has 8 nitrogen and oxygen atoms in total. The Bertz CT molecular complexity index is 1160. The summed E-state index contributed by atoms with van der Waals surface area (Å²) in [6, 6.07) is 12.2. The lowest BCUT2D eigenvalue weighted by Crippen LogP contribution is -2.32. The van der Waals surface area contributed by atoms with E-state index in [4.69, 9.17) is 9.47 Å². The fourth-order valence-electron chi connectivity index (χ4n) is 3.43. The number of rotatable bonds is 6. The molecule has 0 saturated carbocycles. The number of ether oxygens (including phenoxy) is 2. The molecule has 0 aliphatic carbocycles. The highest BCUT2D eigenvalue weighted by atomic mass is 32.2. The predicted molar refractivity (Wildman–Crippen MR) is 124 cm³/mol. The summed E-state index contributed by atoms with van der Waals surface area (Å²) in [5, 5.41) is 0.796. The largest absolute Gasteiger partial charge is 0.454 e. The molecule has 1 unspecified atom stereocenters. The van der Waals surface area contributed by atoms with Crippen molar-refractivity contribution in [2.75, 3.05) is 27.4 Å². The highest BCUT2D eigenvalue weighted by molar-refractivity contribution is 8.14. The summed E-state index contributed by atoms with van der Waals surface area (Å²) >= 11 is 1.51. The summed E-state index contributed by atoms with van der Waals surface area (Å²) < 4.78 is 36.8. The van der Waals surface area contributed by atoms with Gasteiger partial charge in [0, 0.05) is 32.3 Å².